The summed E-state index contributed by atoms with van der Waals surface area (Å²) >= 11 is 0. The molecule has 4 rings (SSSR count). The van der Waals surface area contributed by atoms with Gasteiger partial charge in [0.25, 0.3) is 5.91 Å². The van der Waals surface area contributed by atoms with Crippen LogP contribution in [-0.2, 0) is 6.54 Å². The van der Waals surface area contributed by atoms with Crippen molar-refractivity contribution < 1.29 is 23.1 Å². The van der Waals surface area contributed by atoms with Crippen LogP contribution in [0.5, 0.6) is 5.75 Å². The zero-order valence-corrected chi connectivity index (χ0v) is 15.4. The highest BCUT2D eigenvalue weighted by molar-refractivity contribution is 6.04. The van der Waals surface area contributed by atoms with E-state index in [1.807, 2.05) is 0 Å². The van der Waals surface area contributed by atoms with Crippen LogP contribution in [0.25, 0.3) is 22.2 Å². The van der Waals surface area contributed by atoms with Gasteiger partial charge in [-0.1, -0.05) is 12.1 Å². The molecule has 2 aromatic heterocycles. The van der Waals surface area contributed by atoms with Crippen LogP contribution in [0.15, 0.2) is 60.8 Å². The van der Waals surface area contributed by atoms with Crippen molar-refractivity contribution in [3.63, 3.8) is 0 Å². The Morgan fingerprint density at radius 2 is 1.77 bits per heavy atom. The number of benzene rings is 2. The van der Waals surface area contributed by atoms with Crippen molar-refractivity contribution in [1.29, 1.82) is 0 Å². The average Bonchev–Trinajstić information content (AvgIpc) is 2.75. The number of carbonyl (C=O) groups is 1. The van der Waals surface area contributed by atoms with Gasteiger partial charge in [-0.05, 0) is 48.0 Å². The van der Waals surface area contributed by atoms with Gasteiger partial charge in [0.1, 0.15) is 11.3 Å². The maximum atomic E-state index is 13.8. The number of halogens is 3. The summed E-state index contributed by atoms with van der Waals surface area (Å²) in [6.45, 7) is 0.0704. The largest absolute Gasteiger partial charge is 0.504 e. The lowest BCUT2D eigenvalue weighted by molar-refractivity contribution is 0.0943. The van der Waals surface area contributed by atoms with Gasteiger partial charge in [-0.2, -0.15) is 0 Å². The van der Waals surface area contributed by atoms with Gasteiger partial charge in [0.15, 0.2) is 23.1 Å². The van der Waals surface area contributed by atoms with Crippen LogP contribution in [0.1, 0.15) is 16.1 Å². The molecule has 0 unspecified atom stereocenters. The maximum Gasteiger partial charge on any atom is 0.274 e. The molecule has 0 spiro atoms. The van der Waals surface area contributed by atoms with Crippen molar-refractivity contribution in [2.75, 3.05) is 0 Å². The molecule has 30 heavy (non-hydrogen) atoms. The number of rotatable bonds is 4. The van der Waals surface area contributed by atoms with Crippen molar-refractivity contribution in [3.05, 3.63) is 89.5 Å². The Labute approximate surface area is 168 Å². The summed E-state index contributed by atoms with van der Waals surface area (Å²) in [5.74, 6) is -3.62. The van der Waals surface area contributed by atoms with Crippen LogP contribution >= 0.6 is 0 Å². The van der Waals surface area contributed by atoms with Gasteiger partial charge in [-0.15, -0.1) is 0 Å². The molecule has 2 aromatic carbocycles. The first-order valence-electron chi connectivity index (χ1n) is 8.90. The average molecular weight is 409 g/mol. The molecular weight excluding hydrogens is 395 g/mol. The van der Waals surface area contributed by atoms with Crippen molar-refractivity contribution >= 4 is 16.8 Å². The highest BCUT2D eigenvalue weighted by atomic mass is 19.2. The van der Waals surface area contributed by atoms with Crippen molar-refractivity contribution in [1.82, 2.24) is 15.3 Å². The van der Waals surface area contributed by atoms with Gasteiger partial charge in [-0.3, -0.25) is 9.78 Å². The first-order valence-corrected chi connectivity index (χ1v) is 8.90. The first kappa shape index (κ1) is 19.4. The van der Waals surface area contributed by atoms with E-state index in [9.17, 15) is 23.1 Å². The summed E-state index contributed by atoms with van der Waals surface area (Å²) in [7, 11) is 0. The minimum Gasteiger partial charge on any atom is -0.504 e. The lowest BCUT2D eigenvalue weighted by Crippen LogP contribution is -2.24. The second kappa shape index (κ2) is 7.82. The Morgan fingerprint density at radius 1 is 1.00 bits per heavy atom. The molecular formula is C22H14F3N3O2. The van der Waals surface area contributed by atoms with E-state index in [1.54, 1.807) is 12.1 Å². The molecule has 0 bridgehead atoms. The summed E-state index contributed by atoms with van der Waals surface area (Å²) < 4.78 is 40.1. The summed E-state index contributed by atoms with van der Waals surface area (Å²) in [6.07, 6.45) is 1.43. The van der Waals surface area contributed by atoms with E-state index in [1.165, 1.54) is 36.5 Å². The molecule has 0 aliphatic heterocycles. The van der Waals surface area contributed by atoms with Crippen LogP contribution in [0.2, 0.25) is 0 Å². The number of fused-ring (bicyclic) bond motifs is 1. The van der Waals surface area contributed by atoms with E-state index in [0.29, 0.717) is 10.9 Å². The van der Waals surface area contributed by atoms with Crippen LogP contribution in [-0.4, -0.2) is 21.0 Å². The second-order valence-corrected chi connectivity index (χ2v) is 6.50. The molecule has 0 atom stereocenters. The summed E-state index contributed by atoms with van der Waals surface area (Å²) in [4.78, 5) is 21.0. The molecule has 0 fully saturated rings. The molecule has 1 amide bonds. The Kier molecular flexibility index (Phi) is 5.05. The zero-order chi connectivity index (χ0) is 21.3. The highest BCUT2D eigenvalue weighted by Crippen LogP contribution is 2.33. The number of amides is 1. The lowest BCUT2D eigenvalue weighted by Gasteiger charge is -2.12. The SMILES string of the molecule is O=C(NCc1ccc(F)cc1)c1nc(-c2ccc(F)c(F)c2)c2cccnc2c1O. The summed E-state index contributed by atoms with van der Waals surface area (Å²) in [6, 6.07) is 12.0. The Balaban J connectivity index is 1.76. The van der Waals surface area contributed by atoms with Crippen LogP contribution < -0.4 is 5.32 Å². The van der Waals surface area contributed by atoms with Crippen molar-refractivity contribution in [2.45, 2.75) is 6.54 Å². The van der Waals surface area contributed by atoms with Crippen LogP contribution in [0, 0.1) is 17.5 Å². The van der Waals surface area contributed by atoms with E-state index in [2.05, 4.69) is 15.3 Å². The number of carbonyl (C=O) groups excluding carboxylic acids is 1. The number of nitrogens with zero attached hydrogens (tertiary/aromatic N) is 2. The smallest absolute Gasteiger partial charge is 0.274 e. The Hall–Kier alpha value is -3.94. The van der Waals surface area contributed by atoms with E-state index in [-0.39, 0.29) is 29.0 Å². The number of pyridine rings is 2. The minimum absolute atomic E-state index is 0.0704. The minimum atomic E-state index is -1.07. The number of hydrogen-bond donors (Lipinski definition) is 2. The molecule has 0 aliphatic rings. The van der Waals surface area contributed by atoms with Crippen LogP contribution in [0.4, 0.5) is 13.2 Å². The molecule has 2 heterocycles. The second-order valence-electron chi connectivity index (χ2n) is 6.50. The molecule has 150 valence electrons. The lowest BCUT2D eigenvalue weighted by atomic mass is 10.0. The molecule has 0 saturated heterocycles. The fourth-order valence-corrected chi connectivity index (χ4v) is 3.01. The van der Waals surface area contributed by atoms with E-state index < -0.39 is 29.1 Å². The molecule has 5 nitrogen and oxygen atoms in total. The quantitative estimate of drug-likeness (QED) is 0.526. The third-order valence-corrected chi connectivity index (χ3v) is 4.51. The fraction of sp³-hybridized carbons (Fsp3) is 0.0455. The molecule has 0 saturated carbocycles. The molecule has 0 radical (unpaired) electrons. The predicted molar refractivity (Wildman–Crippen MR) is 104 cm³/mol. The van der Waals surface area contributed by atoms with E-state index >= 15 is 0 Å². The number of hydrogen-bond acceptors (Lipinski definition) is 4. The third-order valence-electron chi connectivity index (χ3n) is 4.51. The molecule has 4 aromatic rings. The van der Waals surface area contributed by atoms with Gasteiger partial charge < -0.3 is 10.4 Å². The monoisotopic (exact) mass is 409 g/mol. The van der Waals surface area contributed by atoms with Gasteiger partial charge in [0, 0.05) is 23.7 Å². The van der Waals surface area contributed by atoms with Gasteiger partial charge in [0.05, 0.1) is 5.69 Å². The topological polar surface area (TPSA) is 75.1 Å². The summed E-state index contributed by atoms with van der Waals surface area (Å²) in [5.41, 5.74) is 0.812. The normalized spacial score (nSPS) is 10.9. The molecule has 8 heteroatoms. The summed E-state index contributed by atoms with van der Waals surface area (Å²) in [5, 5.41) is 13.5. The van der Waals surface area contributed by atoms with Gasteiger partial charge >= 0.3 is 0 Å². The molecule has 0 aliphatic carbocycles. The maximum absolute atomic E-state index is 13.8. The van der Waals surface area contributed by atoms with Gasteiger partial charge in [-0.25, -0.2) is 18.2 Å². The van der Waals surface area contributed by atoms with Crippen molar-refractivity contribution in [3.8, 4) is 17.0 Å². The fourth-order valence-electron chi connectivity index (χ4n) is 3.01. The van der Waals surface area contributed by atoms with E-state index in [0.717, 1.165) is 12.1 Å². The van der Waals surface area contributed by atoms with E-state index in [4.69, 9.17) is 0 Å². The Bertz CT molecular complexity index is 1260. The Morgan fingerprint density at radius 3 is 2.50 bits per heavy atom. The van der Waals surface area contributed by atoms with Gasteiger partial charge in [0.2, 0.25) is 0 Å². The van der Waals surface area contributed by atoms with Crippen molar-refractivity contribution in [2.24, 2.45) is 0 Å². The standard InChI is InChI=1S/C22H14F3N3O2/c23-14-6-3-12(4-7-14)11-27-22(30)20-21(29)19-15(2-1-9-26-19)18(28-20)13-5-8-16(24)17(25)10-13/h1-10,29H,11H2,(H,27,30). The zero-order valence-electron chi connectivity index (χ0n) is 15.4. The first-order chi connectivity index (χ1) is 14.4. The number of aromatic hydroxyl groups is 1. The third kappa shape index (κ3) is 3.67. The predicted octanol–water partition coefficient (Wildman–Crippen LogP) is 4.35. The number of nitrogens with one attached hydrogen (secondary N) is 1. The van der Waals surface area contributed by atoms with Crippen LogP contribution in [0.3, 0.4) is 0 Å². The molecule has 2 N–H and O–H groups in total. The number of aromatic nitrogens is 2. The highest BCUT2D eigenvalue weighted by Gasteiger charge is 2.21.